The van der Waals surface area contributed by atoms with Gasteiger partial charge in [-0.3, -0.25) is 0 Å². The van der Waals surface area contributed by atoms with Crippen LogP contribution in [-0.4, -0.2) is 11.2 Å². The second kappa shape index (κ2) is 3.28. The minimum atomic E-state index is -0.384. The molecule has 1 fully saturated rings. The Labute approximate surface area is 81.1 Å². The van der Waals surface area contributed by atoms with Crippen LogP contribution >= 0.6 is 11.6 Å². The first kappa shape index (κ1) is 8.97. The molecule has 0 aliphatic heterocycles. The number of halogens is 2. The van der Waals surface area contributed by atoms with Crippen LogP contribution in [0.2, 0.25) is 5.02 Å². The van der Waals surface area contributed by atoms with Gasteiger partial charge in [0, 0.05) is 0 Å². The van der Waals surface area contributed by atoms with E-state index < -0.39 is 0 Å². The summed E-state index contributed by atoms with van der Waals surface area (Å²) in [7, 11) is 0. The molecular weight excluding hydrogens is 191 g/mol. The minimum Gasteiger partial charge on any atom is -0.393 e. The van der Waals surface area contributed by atoms with Gasteiger partial charge in [0.25, 0.3) is 0 Å². The van der Waals surface area contributed by atoms with Crippen LogP contribution in [0.15, 0.2) is 18.2 Å². The molecule has 70 valence electrons. The van der Waals surface area contributed by atoms with Crippen molar-refractivity contribution >= 4 is 11.6 Å². The maximum atomic E-state index is 12.8. The summed E-state index contributed by atoms with van der Waals surface area (Å²) in [5.74, 6) is -0.0293. The van der Waals surface area contributed by atoms with Crippen molar-refractivity contribution < 1.29 is 9.50 Å². The third kappa shape index (κ3) is 1.69. The molecule has 1 N–H and O–H groups in total. The average Bonchev–Trinajstić information content (AvgIpc) is 2.05. The molecule has 0 saturated heterocycles. The van der Waals surface area contributed by atoms with Gasteiger partial charge in [0.05, 0.1) is 11.1 Å². The Morgan fingerprint density at radius 2 is 2.08 bits per heavy atom. The summed E-state index contributed by atoms with van der Waals surface area (Å²) >= 11 is 5.64. The molecule has 0 bridgehead atoms. The highest BCUT2D eigenvalue weighted by molar-refractivity contribution is 6.30. The van der Waals surface area contributed by atoms with Crippen LogP contribution in [0.5, 0.6) is 0 Å². The van der Waals surface area contributed by atoms with Crippen molar-refractivity contribution in [2.75, 3.05) is 0 Å². The molecule has 0 unspecified atom stereocenters. The molecule has 3 heteroatoms. The van der Waals surface area contributed by atoms with E-state index in [1.165, 1.54) is 6.07 Å². The van der Waals surface area contributed by atoms with Crippen LogP contribution < -0.4 is 0 Å². The zero-order chi connectivity index (χ0) is 9.42. The molecular formula is C10H10ClFO. The van der Waals surface area contributed by atoms with E-state index in [4.69, 9.17) is 16.7 Å². The number of rotatable bonds is 1. The molecule has 13 heavy (non-hydrogen) atoms. The SMILES string of the molecule is OC1CC(c2ccc(F)c(Cl)c2)C1. The van der Waals surface area contributed by atoms with Gasteiger partial charge in [-0.05, 0) is 36.5 Å². The molecule has 0 radical (unpaired) electrons. The lowest BCUT2D eigenvalue weighted by molar-refractivity contribution is 0.0746. The predicted octanol–water partition coefficient (Wildman–Crippen LogP) is 2.72. The Balaban J connectivity index is 2.18. The summed E-state index contributed by atoms with van der Waals surface area (Å²) in [5, 5.41) is 9.26. The molecule has 0 aromatic heterocycles. The Kier molecular flexibility index (Phi) is 2.26. The van der Waals surface area contributed by atoms with Crippen molar-refractivity contribution in [2.45, 2.75) is 24.9 Å². The molecule has 1 aromatic carbocycles. The van der Waals surface area contributed by atoms with E-state index in [1.54, 1.807) is 12.1 Å². The molecule has 1 aromatic rings. The van der Waals surface area contributed by atoms with Gasteiger partial charge in [-0.25, -0.2) is 4.39 Å². The fraction of sp³-hybridized carbons (Fsp3) is 0.400. The third-order valence-electron chi connectivity index (χ3n) is 2.53. The molecule has 1 saturated carbocycles. The first-order valence-corrected chi connectivity index (χ1v) is 4.67. The molecule has 2 rings (SSSR count). The summed E-state index contributed by atoms with van der Waals surface area (Å²) in [6, 6.07) is 4.76. The van der Waals surface area contributed by atoms with Crippen LogP contribution in [0, 0.1) is 5.82 Å². The standard InChI is InChI=1S/C10H10ClFO/c11-9-5-6(1-2-10(9)12)7-3-8(13)4-7/h1-2,5,7-8,13H,3-4H2. The number of aliphatic hydroxyl groups excluding tert-OH is 1. The van der Waals surface area contributed by atoms with Crippen LogP contribution in [0.3, 0.4) is 0 Å². The van der Waals surface area contributed by atoms with E-state index >= 15 is 0 Å². The van der Waals surface area contributed by atoms with E-state index in [0.717, 1.165) is 18.4 Å². The quantitative estimate of drug-likeness (QED) is 0.739. The van der Waals surface area contributed by atoms with Crippen molar-refractivity contribution in [3.63, 3.8) is 0 Å². The maximum absolute atomic E-state index is 12.8. The predicted molar refractivity (Wildman–Crippen MR) is 49.4 cm³/mol. The summed E-state index contributed by atoms with van der Waals surface area (Å²) in [5.41, 5.74) is 1.02. The lowest BCUT2D eigenvalue weighted by atomic mass is 9.78. The largest absolute Gasteiger partial charge is 0.393 e. The molecule has 1 aliphatic carbocycles. The van der Waals surface area contributed by atoms with E-state index in [1.807, 2.05) is 0 Å². The van der Waals surface area contributed by atoms with Gasteiger partial charge in [0.15, 0.2) is 0 Å². The van der Waals surface area contributed by atoms with Gasteiger partial charge < -0.3 is 5.11 Å². The fourth-order valence-electron chi connectivity index (χ4n) is 1.63. The Bertz CT molecular complexity index is 321. The van der Waals surface area contributed by atoms with Gasteiger partial charge in [-0.2, -0.15) is 0 Å². The van der Waals surface area contributed by atoms with Gasteiger partial charge in [0.1, 0.15) is 5.82 Å². The van der Waals surface area contributed by atoms with E-state index in [0.29, 0.717) is 5.92 Å². The van der Waals surface area contributed by atoms with E-state index in [2.05, 4.69) is 0 Å². The first-order valence-electron chi connectivity index (χ1n) is 4.30. The van der Waals surface area contributed by atoms with Crippen LogP contribution in [-0.2, 0) is 0 Å². The molecule has 1 aliphatic rings. The molecule has 0 heterocycles. The molecule has 0 amide bonds. The lowest BCUT2D eigenvalue weighted by Crippen LogP contribution is -2.26. The zero-order valence-electron chi connectivity index (χ0n) is 7.00. The first-order chi connectivity index (χ1) is 6.16. The monoisotopic (exact) mass is 200 g/mol. The molecule has 0 spiro atoms. The normalized spacial score (nSPS) is 27.0. The van der Waals surface area contributed by atoms with E-state index in [-0.39, 0.29) is 16.9 Å². The van der Waals surface area contributed by atoms with Crippen molar-refractivity contribution in [3.8, 4) is 0 Å². The highest BCUT2D eigenvalue weighted by atomic mass is 35.5. The molecule has 1 nitrogen and oxygen atoms in total. The maximum Gasteiger partial charge on any atom is 0.141 e. The smallest absolute Gasteiger partial charge is 0.141 e. The van der Waals surface area contributed by atoms with Crippen molar-refractivity contribution in [1.29, 1.82) is 0 Å². The van der Waals surface area contributed by atoms with Gasteiger partial charge in [-0.1, -0.05) is 17.7 Å². The van der Waals surface area contributed by atoms with E-state index in [9.17, 15) is 4.39 Å². The summed E-state index contributed by atoms with van der Waals surface area (Å²) in [6.45, 7) is 0. The number of aliphatic hydroxyl groups is 1. The summed E-state index contributed by atoms with van der Waals surface area (Å²) < 4.78 is 12.8. The zero-order valence-corrected chi connectivity index (χ0v) is 7.76. The highest BCUT2D eigenvalue weighted by Crippen LogP contribution is 2.37. The minimum absolute atomic E-state index is 0.166. The van der Waals surface area contributed by atoms with Crippen LogP contribution in [0.4, 0.5) is 4.39 Å². The molecule has 0 atom stereocenters. The van der Waals surface area contributed by atoms with Crippen molar-refractivity contribution in [3.05, 3.63) is 34.6 Å². The van der Waals surface area contributed by atoms with Crippen molar-refractivity contribution in [1.82, 2.24) is 0 Å². The highest BCUT2D eigenvalue weighted by Gasteiger charge is 2.28. The second-order valence-corrected chi connectivity index (χ2v) is 3.90. The van der Waals surface area contributed by atoms with Gasteiger partial charge in [0.2, 0.25) is 0 Å². The summed E-state index contributed by atoms with van der Waals surface area (Å²) in [6.07, 6.45) is 1.35. The third-order valence-corrected chi connectivity index (χ3v) is 2.82. The van der Waals surface area contributed by atoms with Gasteiger partial charge >= 0.3 is 0 Å². The Morgan fingerprint density at radius 1 is 1.38 bits per heavy atom. The van der Waals surface area contributed by atoms with Crippen LogP contribution in [0.25, 0.3) is 0 Å². The van der Waals surface area contributed by atoms with Crippen LogP contribution in [0.1, 0.15) is 24.3 Å². The summed E-state index contributed by atoms with van der Waals surface area (Å²) in [4.78, 5) is 0. The number of benzene rings is 1. The Morgan fingerprint density at radius 3 is 2.62 bits per heavy atom. The topological polar surface area (TPSA) is 20.2 Å². The second-order valence-electron chi connectivity index (χ2n) is 3.50. The van der Waals surface area contributed by atoms with Gasteiger partial charge in [-0.15, -0.1) is 0 Å². The fourth-order valence-corrected chi connectivity index (χ4v) is 1.82. The number of hydrogen-bond donors (Lipinski definition) is 1. The Hall–Kier alpha value is -0.600. The average molecular weight is 201 g/mol. The lowest BCUT2D eigenvalue weighted by Gasteiger charge is -2.31. The van der Waals surface area contributed by atoms with Crippen molar-refractivity contribution in [2.24, 2.45) is 0 Å². The number of hydrogen-bond acceptors (Lipinski definition) is 1.